The molecule has 0 saturated carbocycles. The van der Waals surface area contributed by atoms with E-state index in [4.69, 9.17) is 0 Å². The lowest BCUT2D eigenvalue weighted by atomic mass is 10.3. The van der Waals surface area contributed by atoms with Gasteiger partial charge in [0.2, 0.25) is 0 Å². The molecule has 0 amide bonds. The van der Waals surface area contributed by atoms with E-state index in [1.165, 1.54) is 5.56 Å². The average Bonchev–Trinajstić information content (AvgIpc) is 1.94. The maximum Gasteiger partial charge on any atom is 0.0785 e. The van der Waals surface area contributed by atoms with Gasteiger partial charge < -0.3 is 0 Å². The molecular formula is C7H10FN. The molecule has 2 heteroatoms. The highest BCUT2D eigenvalue weighted by Crippen LogP contribution is 1.88. The Hall–Kier alpha value is -0.920. The molecule has 0 N–H and O–H groups in total. The van der Waals surface area contributed by atoms with Crippen LogP contribution in [0.1, 0.15) is 5.56 Å². The summed E-state index contributed by atoms with van der Waals surface area (Å²) in [6.45, 7) is 2.02. The Labute approximate surface area is 54.6 Å². The summed E-state index contributed by atoms with van der Waals surface area (Å²) < 4.78 is 9.50. The molecule has 0 saturated heterocycles. The van der Waals surface area contributed by atoms with E-state index in [1.54, 1.807) is 6.20 Å². The lowest BCUT2D eigenvalue weighted by Gasteiger charge is -1.82. The Kier molecular flexibility index (Phi) is 4.69. The second-order valence-corrected chi connectivity index (χ2v) is 1.53. The van der Waals surface area contributed by atoms with E-state index in [1.807, 2.05) is 25.3 Å². The van der Waals surface area contributed by atoms with Gasteiger partial charge in [0.25, 0.3) is 0 Å². The Morgan fingerprint density at radius 1 is 1.44 bits per heavy atom. The quantitative estimate of drug-likeness (QED) is 0.519. The summed E-state index contributed by atoms with van der Waals surface area (Å²) in [5.74, 6) is 0. The topological polar surface area (TPSA) is 12.9 Å². The van der Waals surface area contributed by atoms with Crippen LogP contribution in [-0.4, -0.2) is 12.2 Å². The third-order valence-corrected chi connectivity index (χ3v) is 0.809. The zero-order chi connectivity index (χ0) is 7.11. The predicted molar refractivity (Wildman–Crippen MR) is 36.0 cm³/mol. The van der Waals surface area contributed by atoms with E-state index >= 15 is 0 Å². The molecule has 0 atom stereocenters. The van der Waals surface area contributed by atoms with E-state index < -0.39 is 0 Å². The summed E-state index contributed by atoms with van der Waals surface area (Å²) in [5.41, 5.74) is 1.21. The number of aromatic nitrogens is 1. The molecule has 0 unspecified atom stereocenters. The fraction of sp³-hybridized carbons (Fsp3) is 0.286. The number of hydrogen-bond donors (Lipinski definition) is 0. The largest absolute Gasteiger partial charge is 0.264 e. The van der Waals surface area contributed by atoms with Crippen LogP contribution in [0.3, 0.4) is 0 Å². The van der Waals surface area contributed by atoms with Crippen molar-refractivity contribution in [3.8, 4) is 0 Å². The van der Waals surface area contributed by atoms with Gasteiger partial charge >= 0.3 is 0 Å². The monoisotopic (exact) mass is 127 g/mol. The Balaban J connectivity index is 0.000000291. The molecule has 0 radical (unpaired) electrons. The number of alkyl halides is 1. The molecule has 1 heterocycles. The van der Waals surface area contributed by atoms with Crippen molar-refractivity contribution in [2.45, 2.75) is 6.92 Å². The van der Waals surface area contributed by atoms with Crippen molar-refractivity contribution in [1.29, 1.82) is 0 Å². The van der Waals surface area contributed by atoms with Gasteiger partial charge in [-0.05, 0) is 18.6 Å². The lowest BCUT2D eigenvalue weighted by Crippen LogP contribution is -1.69. The van der Waals surface area contributed by atoms with Gasteiger partial charge in [0.1, 0.15) is 0 Å². The molecule has 9 heavy (non-hydrogen) atoms. The van der Waals surface area contributed by atoms with Crippen molar-refractivity contribution in [2.75, 3.05) is 7.18 Å². The molecule has 0 aromatic carbocycles. The van der Waals surface area contributed by atoms with E-state index in [2.05, 4.69) is 4.98 Å². The Morgan fingerprint density at radius 2 is 2.11 bits per heavy atom. The van der Waals surface area contributed by atoms with Crippen LogP contribution in [0.25, 0.3) is 0 Å². The van der Waals surface area contributed by atoms with Crippen molar-refractivity contribution in [3.05, 3.63) is 30.1 Å². The first-order chi connectivity index (χ1) is 4.39. The number of aryl methyl sites for hydroxylation is 1. The van der Waals surface area contributed by atoms with Crippen molar-refractivity contribution in [3.63, 3.8) is 0 Å². The minimum atomic E-state index is 0.500. The third kappa shape index (κ3) is 3.64. The SMILES string of the molecule is CF.Cc1cccnc1. The molecule has 1 aromatic heterocycles. The molecule has 0 aliphatic heterocycles. The van der Waals surface area contributed by atoms with Gasteiger partial charge in [-0.2, -0.15) is 0 Å². The first kappa shape index (κ1) is 8.08. The van der Waals surface area contributed by atoms with Crippen molar-refractivity contribution in [2.24, 2.45) is 0 Å². The van der Waals surface area contributed by atoms with Gasteiger partial charge in [-0.15, -0.1) is 0 Å². The van der Waals surface area contributed by atoms with Gasteiger partial charge in [-0.1, -0.05) is 6.07 Å². The van der Waals surface area contributed by atoms with Gasteiger partial charge in [-0.25, -0.2) is 0 Å². The molecule has 1 nitrogen and oxygen atoms in total. The number of hydrogen-bond acceptors (Lipinski definition) is 1. The Morgan fingerprint density at radius 3 is 2.33 bits per heavy atom. The summed E-state index contributed by atoms with van der Waals surface area (Å²) in [6, 6.07) is 3.95. The van der Waals surface area contributed by atoms with Crippen molar-refractivity contribution >= 4 is 0 Å². The lowest BCUT2D eigenvalue weighted by molar-refractivity contribution is 0.636. The first-order valence-electron chi connectivity index (χ1n) is 2.64. The van der Waals surface area contributed by atoms with E-state index in [9.17, 15) is 4.39 Å². The zero-order valence-electron chi connectivity index (χ0n) is 5.63. The molecule has 0 spiro atoms. The number of nitrogens with zero attached hydrogens (tertiary/aromatic N) is 1. The van der Waals surface area contributed by atoms with Gasteiger partial charge in [-0.3, -0.25) is 9.37 Å². The molecule has 0 fully saturated rings. The van der Waals surface area contributed by atoms with Crippen LogP contribution in [0.2, 0.25) is 0 Å². The molecular weight excluding hydrogens is 117 g/mol. The highest BCUT2D eigenvalue weighted by atomic mass is 19.1. The highest BCUT2D eigenvalue weighted by Gasteiger charge is 1.73. The predicted octanol–water partition coefficient (Wildman–Crippen LogP) is 1.98. The van der Waals surface area contributed by atoms with Crippen LogP contribution < -0.4 is 0 Å². The Bertz CT molecular complexity index is 139. The van der Waals surface area contributed by atoms with Gasteiger partial charge in [0, 0.05) is 12.4 Å². The average molecular weight is 127 g/mol. The van der Waals surface area contributed by atoms with Crippen LogP contribution in [0.5, 0.6) is 0 Å². The molecule has 1 rings (SSSR count). The maximum absolute atomic E-state index is 9.50. The molecule has 0 aliphatic carbocycles. The summed E-state index contributed by atoms with van der Waals surface area (Å²) in [5, 5.41) is 0. The number of rotatable bonds is 0. The van der Waals surface area contributed by atoms with Crippen LogP contribution >= 0.6 is 0 Å². The van der Waals surface area contributed by atoms with Crippen molar-refractivity contribution < 1.29 is 4.39 Å². The van der Waals surface area contributed by atoms with E-state index in [0.717, 1.165) is 0 Å². The minimum absolute atomic E-state index is 0.500. The minimum Gasteiger partial charge on any atom is -0.264 e. The molecule has 0 bridgehead atoms. The summed E-state index contributed by atoms with van der Waals surface area (Å²) in [4.78, 5) is 3.88. The standard InChI is InChI=1S/C6H7N.CH3F/c1-6-3-2-4-7-5-6;1-2/h2-5H,1H3;1H3. The fourth-order valence-electron chi connectivity index (χ4n) is 0.448. The summed E-state index contributed by atoms with van der Waals surface area (Å²) in [6.07, 6.45) is 3.60. The highest BCUT2D eigenvalue weighted by molar-refractivity contribution is 5.04. The fourth-order valence-corrected chi connectivity index (χ4v) is 0.448. The van der Waals surface area contributed by atoms with Gasteiger partial charge in [0.15, 0.2) is 0 Å². The van der Waals surface area contributed by atoms with E-state index in [-0.39, 0.29) is 0 Å². The first-order valence-corrected chi connectivity index (χ1v) is 2.64. The second-order valence-electron chi connectivity index (χ2n) is 1.53. The summed E-state index contributed by atoms with van der Waals surface area (Å²) >= 11 is 0. The zero-order valence-corrected chi connectivity index (χ0v) is 5.63. The second kappa shape index (κ2) is 5.22. The van der Waals surface area contributed by atoms with Crippen LogP contribution in [0.15, 0.2) is 24.5 Å². The third-order valence-electron chi connectivity index (χ3n) is 0.809. The van der Waals surface area contributed by atoms with Crippen molar-refractivity contribution in [1.82, 2.24) is 4.98 Å². The summed E-state index contributed by atoms with van der Waals surface area (Å²) in [7, 11) is 0.500. The van der Waals surface area contributed by atoms with Gasteiger partial charge in [0.05, 0.1) is 7.18 Å². The van der Waals surface area contributed by atoms with Crippen LogP contribution in [-0.2, 0) is 0 Å². The number of halogens is 1. The van der Waals surface area contributed by atoms with Crippen LogP contribution in [0.4, 0.5) is 4.39 Å². The maximum atomic E-state index is 9.50. The molecule has 50 valence electrons. The van der Waals surface area contributed by atoms with Crippen LogP contribution in [0, 0.1) is 6.92 Å². The normalized spacial score (nSPS) is 7.44. The number of pyridine rings is 1. The molecule has 1 aromatic rings. The molecule has 0 aliphatic rings. The smallest absolute Gasteiger partial charge is 0.0785 e. The van der Waals surface area contributed by atoms with E-state index in [0.29, 0.717) is 7.18 Å².